The van der Waals surface area contributed by atoms with Crippen molar-refractivity contribution in [3.8, 4) is 0 Å². The van der Waals surface area contributed by atoms with E-state index in [9.17, 15) is 5.11 Å². The first-order valence-corrected chi connectivity index (χ1v) is 5.92. The second-order valence-corrected chi connectivity index (χ2v) is 4.91. The summed E-state index contributed by atoms with van der Waals surface area (Å²) in [5.74, 6) is 0. The molecule has 0 saturated carbocycles. The average molecular weight is 224 g/mol. The van der Waals surface area contributed by atoms with Gasteiger partial charge in [-0.15, -0.1) is 0 Å². The zero-order valence-corrected chi connectivity index (χ0v) is 11.1. The molecule has 0 spiro atoms. The quantitative estimate of drug-likeness (QED) is 0.801. The summed E-state index contributed by atoms with van der Waals surface area (Å²) >= 11 is 0. The summed E-state index contributed by atoms with van der Waals surface area (Å²) in [4.78, 5) is 0. The molecule has 3 nitrogen and oxygen atoms in total. The average Bonchev–Trinajstić information content (AvgIpc) is 2.46. The molecule has 1 heterocycles. The summed E-state index contributed by atoms with van der Waals surface area (Å²) < 4.78 is 2.19. The largest absolute Gasteiger partial charge is 0.389 e. The van der Waals surface area contributed by atoms with Gasteiger partial charge in [-0.25, -0.2) is 0 Å². The summed E-state index contributed by atoms with van der Waals surface area (Å²) in [6.45, 7) is 9.56. The predicted molar refractivity (Wildman–Crippen MR) is 67.5 cm³/mol. The molecular formula is C13H24N2O. The highest BCUT2D eigenvalue weighted by Crippen LogP contribution is 2.13. The summed E-state index contributed by atoms with van der Waals surface area (Å²) in [5.41, 5.74) is 3.28. The number of aryl methyl sites for hydroxylation is 1. The smallest absolute Gasteiger partial charge is 0.0741 e. The van der Waals surface area contributed by atoms with Gasteiger partial charge in [0.25, 0.3) is 0 Å². The Bertz CT molecular complexity index is 353. The molecule has 1 aromatic rings. The molecule has 0 radical (unpaired) electrons. The molecule has 16 heavy (non-hydrogen) atoms. The van der Waals surface area contributed by atoms with Crippen LogP contribution in [0.25, 0.3) is 0 Å². The first kappa shape index (κ1) is 13.3. The van der Waals surface area contributed by atoms with Gasteiger partial charge < -0.3 is 15.0 Å². The highest BCUT2D eigenvalue weighted by Gasteiger charge is 2.16. The van der Waals surface area contributed by atoms with E-state index in [1.807, 2.05) is 13.8 Å². The summed E-state index contributed by atoms with van der Waals surface area (Å²) in [6, 6.07) is 2.20. The van der Waals surface area contributed by atoms with E-state index in [1.54, 1.807) is 0 Å². The van der Waals surface area contributed by atoms with Crippen LogP contribution in [0.4, 0.5) is 0 Å². The zero-order chi connectivity index (χ0) is 12.3. The van der Waals surface area contributed by atoms with Crippen LogP contribution in [0.1, 0.15) is 37.2 Å². The van der Waals surface area contributed by atoms with Crippen LogP contribution < -0.4 is 5.32 Å². The minimum atomic E-state index is -0.599. The Morgan fingerprint density at radius 1 is 1.44 bits per heavy atom. The molecule has 0 aromatic carbocycles. The van der Waals surface area contributed by atoms with Gasteiger partial charge in [0, 0.05) is 31.5 Å². The Morgan fingerprint density at radius 3 is 2.50 bits per heavy atom. The second-order valence-electron chi connectivity index (χ2n) is 4.91. The number of aromatic nitrogens is 1. The van der Waals surface area contributed by atoms with E-state index in [0.29, 0.717) is 6.54 Å². The second kappa shape index (κ2) is 5.02. The molecule has 0 fully saturated rings. The standard InChI is InChI=1S/C13H24N2O/c1-6-13(4,16)9-14-8-12-7-10(2)15(5)11(12)3/h7,14,16H,6,8-9H2,1-5H3. The zero-order valence-electron chi connectivity index (χ0n) is 11.1. The maximum Gasteiger partial charge on any atom is 0.0741 e. The van der Waals surface area contributed by atoms with Gasteiger partial charge in [-0.1, -0.05) is 6.92 Å². The maximum atomic E-state index is 9.86. The third-order valence-electron chi connectivity index (χ3n) is 3.46. The fourth-order valence-electron chi connectivity index (χ4n) is 1.70. The van der Waals surface area contributed by atoms with E-state index >= 15 is 0 Å². The van der Waals surface area contributed by atoms with Crippen molar-refractivity contribution in [3.05, 3.63) is 23.0 Å². The molecule has 1 atom stereocenters. The van der Waals surface area contributed by atoms with E-state index < -0.39 is 5.60 Å². The third kappa shape index (κ3) is 3.09. The van der Waals surface area contributed by atoms with Crippen LogP contribution in [0.5, 0.6) is 0 Å². The van der Waals surface area contributed by atoms with Crippen molar-refractivity contribution in [2.45, 2.75) is 46.3 Å². The lowest BCUT2D eigenvalue weighted by Crippen LogP contribution is -2.36. The predicted octanol–water partition coefficient (Wildman–Crippen LogP) is 1.89. The number of aliphatic hydroxyl groups is 1. The van der Waals surface area contributed by atoms with Crippen LogP contribution in [0.2, 0.25) is 0 Å². The topological polar surface area (TPSA) is 37.2 Å². The monoisotopic (exact) mass is 224 g/mol. The molecule has 2 N–H and O–H groups in total. The molecule has 92 valence electrons. The van der Waals surface area contributed by atoms with Crippen molar-refractivity contribution in [2.75, 3.05) is 6.54 Å². The lowest BCUT2D eigenvalue weighted by Gasteiger charge is -2.21. The van der Waals surface area contributed by atoms with Gasteiger partial charge in [0.1, 0.15) is 0 Å². The van der Waals surface area contributed by atoms with E-state index in [0.717, 1.165) is 13.0 Å². The van der Waals surface area contributed by atoms with Gasteiger partial charge in [0.05, 0.1) is 5.60 Å². The Balaban J connectivity index is 2.53. The molecule has 0 aliphatic carbocycles. The van der Waals surface area contributed by atoms with Crippen LogP contribution >= 0.6 is 0 Å². The van der Waals surface area contributed by atoms with Gasteiger partial charge in [-0.3, -0.25) is 0 Å². The van der Waals surface area contributed by atoms with Gasteiger partial charge in [0.2, 0.25) is 0 Å². The molecule has 1 rings (SSSR count). The summed E-state index contributed by atoms with van der Waals surface area (Å²) in [6.07, 6.45) is 0.771. The van der Waals surface area contributed by atoms with Crippen LogP contribution in [0.15, 0.2) is 6.07 Å². The normalized spacial score (nSPS) is 15.1. The maximum absolute atomic E-state index is 9.86. The van der Waals surface area contributed by atoms with Crippen LogP contribution in [-0.2, 0) is 13.6 Å². The molecule has 0 aliphatic rings. The Labute approximate surface area is 98.5 Å². The minimum Gasteiger partial charge on any atom is -0.389 e. The Hall–Kier alpha value is -0.800. The van der Waals surface area contributed by atoms with E-state index in [2.05, 4.69) is 36.8 Å². The van der Waals surface area contributed by atoms with Gasteiger partial charge in [0.15, 0.2) is 0 Å². The van der Waals surface area contributed by atoms with Crippen molar-refractivity contribution in [1.29, 1.82) is 0 Å². The molecule has 0 bridgehead atoms. The molecule has 0 amide bonds. The molecule has 0 saturated heterocycles. The van der Waals surface area contributed by atoms with E-state index in [-0.39, 0.29) is 0 Å². The van der Waals surface area contributed by atoms with Crippen LogP contribution in [-0.4, -0.2) is 21.8 Å². The first-order valence-electron chi connectivity index (χ1n) is 5.92. The molecule has 1 aromatic heterocycles. The van der Waals surface area contributed by atoms with E-state index in [1.165, 1.54) is 17.0 Å². The first-order chi connectivity index (χ1) is 7.37. The SMILES string of the molecule is CCC(C)(O)CNCc1cc(C)n(C)c1C. The summed E-state index contributed by atoms with van der Waals surface area (Å²) in [7, 11) is 2.08. The number of nitrogens with one attached hydrogen (secondary N) is 1. The van der Waals surface area contributed by atoms with Crippen molar-refractivity contribution in [3.63, 3.8) is 0 Å². The minimum absolute atomic E-state index is 0.599. The van der Waals surface area contributed by atoms with Gasteiger partial charge in [-0.05, 0) is 38.8 Å². The molecule has 1 unspecified atom stereocenters. The van der Waals surface area contributed by atoms with Crippen molar-refractivity contribution < 1.29 is 5.11 Å². The van der Waals surface area contributed by atoms with Crippen molar-refractivity contribution >= 4 is 0 Å². The van der Waals surface area contributed by atoms with Crippen LogP contribution in [0, 0.1) is 13.8 Å². The number of rotatable bonds is 5. The highest BCUT2D eigenvalue weighted by atomic mass is 16.3. The highest BCUT2D eigenvalue weighted by molar-refractivity contribution is 5.26. The van der Waals surface area contributed by atoms with Gasteiger partial charge >= 0.3 is 0 Å². The van der Waals surface area contributed by atoms with Crippen molar-refractivity contribution in [1.82, 2.24) is 9.88 Å². The van der Waals surface area contributed by atoms with Gasteiger partial charge in [-0.2, -0.15) is 0 Å². The third-order valence-corrected chi connectivity index (χ3v) is 3.46. The molecule has 0 aliphatic heterocycles. The fourth-order valence-corrected chi connectivity index (χ4v) is 1.70. The Kier molecular flexibility index (Phi) is 4.16. The number of hydrogen-bond donors (Lipinski definition) is 2. The lowest BCUT2D eigenvalue weighted by atomic mass is 10.0. The fraction of sp³-hybridized carbons (Fsp3) is 0.692. The molecular weight excluding hydrogens is 200 g/mol. The number of nitrogens with zero attached hydrogens (tertiary/aromatic N) is 1. The Morgan fingerprint density at radius 2 is 2.06 bits per heavy atom. The summed E-state index contributed by atoms with van der Waals surface area (Å²) in [5, 5.41) is 13.2. The van der Waals surface area contributed by atoms with E-state index in [4.69, 9.17) is 0 Å². The lowest BCUT2D eigenvalue weighted by molar-refractivity contribution is 0.0555. The number of hydrogen-bond acceptors (Lipinski definition) is 2. The van der Waals surface area contributed by atoms with Crippen molar-refractivity contribution in [2.24, 2.45) is 7.05 Å². The van der Waals surface area contributed by atoms with Crippen LogP contribution in [0.3, 0.4) is 0 Å². The molecule has 3 heteroatoms.